The first-order valence-electron chi connectivity index (χ1n) is 10.1. The van der Waals surface area contributed by atoms with Gasteiger partial charge in [-0.3, -0.25) is 14.6 Å². The average Bonchev–Trinajstić information content (AvgIpc) is 3.31. The largest absolute Gasteiger partial charge is 0.497 e. The molecule has 2 aliphatic heterocycles. The van der Waals surface area contributed by atoms with Gasteiger partial charge in [0.25, 0.3) is 0 Å². The summed E-state index contributed by atoms with van der Waals surface area (Å²) in [6.07, 6.45) is 4.88. The van der Waals surface area contributed by atoms with Gasteiger partial charge in [-0.25, -0.2) is 0 Å². The van der Waals surface area contributed by atoms with Crippen molar-refractivity contribution < 1.29 is 14.3 Å². The van der Waals surface area contributed by atoms with Crippen molar-refractivity contribution in [1.82, 2.24) is 14.4 Å². The Hall–Kier alpha value is -2.09. The van der Waals surface area contributed by atoms with Crippen molar-refractivity contribution in [2.24, 2.45) is 5.73 Å². The number of rotatable bonds is 7. The van der Waals surface area contributed by atoms with Crippen molar-refractivity contribution in [1.29, 1.82) is 0 Å². The molecule has 0 spiro atoms. The number of carbonyl (C=O) groups is 1. The number of nitrogens with zero attached hydrogens (tertiary/aromatic N) is 3. The number of hydrogen-bond donors (Lipinski definition) is 1. The minimum atomic E-state index is -0.331. The first kappa shape index (κ1) is 19.2. The summed E-state index contributed by atoms with van der Waals surface area (Å²) in [5, 5.41) is 1.13. The molecule has 2 aliphatic rings. The molecule has 7 heteroatoms. The lowest BCUT2D eigenvalue weighted by atomic mass is 10.1. The Bertz CT molecular complexity index is 820. The summed E-state index contributed by atoms with van der Waals surface area (Å²) in [7, 11) is 1.68. The number of carbonyl (C=O) groups excluding carboxylic acids is 1. The number of nitrogens with two attached hydrogens (primary N) is 1. The van der Waals surface area contributed by atoms with Crippen molar-refractivity contribution in [2.45, 2.75) is 32.0 Å². The maximum Gasteiger partial charge on any atom is 0.237 e. The molecule has 1 unspecified atom stereocenters. The average molecular weight is 386 g/mol. The third-order valence-electron chi connectivity index (χ3n) is 5.84. The predicted molar refractivity (Wildman–Crippen MR) is 108 cm³/mol. The van der Waals surface area contributed by atoms with Gasteiger partial charge in [-0.2, -0.15) is 0 Å². The van der Waals surface area contributed by atoms with Crippen molar-refractivity contribution in [3.8, 4) is 5.75 Å². The van der Waals surface area contributed by atoms with E-state index in [0.717, 1.165) is 62.5 Å². The molecule has 2 saturated heterocycles. The second-order valence-electron chi connectivity index (χ2n) is 7.84. The zero-order chi connectivity index (χ0) is 19.5. The van der Waals surface area contributed by atoms with Crippen LogP contribution < -0.4 is 10.5 Å². The van der Waals surface area contributed by atoms with Crippen LogP contribution in [-0.4, -0.2) is 72.8 Å². The number of primary amides is 1. The molecular weight excluding hydrogens is 356 g/mol. The predicted octanol–water partition coefficient (Wildman–Crippen LogP) is 1.43. The molecule has 4 rings (SSSR count). The van der Waals surface area contributed by atoms with Crippen LogP contribution in [0, 0.1) is 0 Å². The molecule has 1 aromatic heterocycles. The summed E-state index contributed by atoms with van der Waals surface area (Å²) in [5.74, 6) is 0.494. The van der Waals surface area contributed by atoms with E-state index in [9.17, 15) is 4.79 Å². The molecule has 0 aliphatic carbocycles. The molecule has 1 amide bonds. The standard InChI is InChI=1S/C21H30N4O3/c1-27-17-4-5-20-19(11-17)16(13-25(20)15-21(22)26)12-23-6-8-24(9-7-23)14-18-3-2-10-28-18/h4-5,11,13,18H,2-3,6-10,12,14-15H2,1H3,(H2,22,26). The Morgan fingerprint density at radius 2 is 2.04 bits per heavy atom. The second-order valence-corrected chi connectivity index (χ2v) is 7.84. The molecular formula is C21H30N4O3. The van der Waals surface area contributed by atoms with Crippen LogP contribution in [0.4, 0.5) is 0 Å². The number of hydrogen-bond acceptors (Lipinski definition) is 5. The molecule has 3 heterocycles. The van der Waals surface area contributed by atoms with Crippen LogP contribution in [0.5, 0.6) is 5.75 Å². The maximum absolute atomic E-state index is 11.5. The van der Waals surface area contributed by atoms with Gasteiger partial charge in [0.15, 0.2) is 0 Å². The molecule has 152 valence electrons. The van der Waals surface area contributed by atoms with Crippen LogP contribution in [0.15, 0.2) is 24.4 Å². The summed E-state index contributed by atoms with van der Waals surface area (Å²) in [6, 6.07) is 5.98. The molecule has 1 aromatic carbocycles. The van der Waals surface area contributed by atoms with E-state index in [4.69, 9.17) is 15.2 Å². The highest BCUT2D eigenvalue weighted by Crippen LogP contribution is 2.27. The van der Waals surface area contributed by atoms with Gasteiger partial charge in [0.1, 0.15) is 12.3 Å². The van der Waals surface area contributed by atoms with Crippen LogP contribution in [0.1, 0.15) is 18.4 Å². The Labute approximate surface area is 166 Å². The zero-order valence-corrected chi connectivity index (χ0v) is 16.6. The van der Waals surface area contributed by atoms with Crippen molar-refractivity contribution in [3.05, 3.63) is 30.0 Å². The summed E-state index contributed by atoms with van der Waals surface area (Å²) >= 11 is 0. The number of fused-ring (bicyclic) bond motifs is 1. The van der Waals surface area contributed by atoms with Crippen molar-refractivity contribution >= 4 is 16.8 Å². The normalized spacial score (nSPS) is 21.4. The van der Waals surface area contributed by atoms with Gasteiger partial charge in [-0.15, -0.1) is 0 Å². The van der Waals surface area contributed by atoms with E-state index in [0.29, 0.717) is 6.10 Å². The molecule has 0 saturated carbocycles. The van der Waals surface area contributed by atoms with Crippen LogP contribution in [0.3, 0.4) is 0 Å². The van der Waals surface area contributed by atoms with E-state index in [1.165, 1.54) is 18.4 Å². The van der Waals surface area contributed by atoms with E-state index < -0.39 is 0 Å². The molecule has 1 atom stereocenters. The molecule has 0 radical (unpaired) electrons. The fraction of sp³-hybridized carbons (Fsp3) is 0.571. The topological polar surface area (TPSA) is 73.0 Å². The summed E-state index contributed by atoms with van der Waals surface area (Å²) in [6.45, 7) is 7.26. The van der Waals surface area contributed by atoms with Gasteiger partial charge in [-0.05, 0) is 36.6 Å². The van der Waals surface area contributed by atoms with E-state index in [1.54, 1.807) is 7.11 Å². The highest BCUT2D eigenvalue weighted by atomic mass is 16.5. The number of piperazine rings is 1. The monoisotopic (exact) mass is 386 g/mol. The Morgan fingerprint density at radius 3 is 2.71 bits per heavy atom. The zero-order valence-electron chi connectivity index (χ0n) is 16.6. The van der Waals surface area contributed by atoms with E-state index >= 15 is 0 Å². The highest BCUT2D eigenvalue weighted by Gasteiger charge is 2.23. The molecule has 28 heavy (non-hydrogen) atoms. The van der Waals surface area contributed by atoms with Gasteiger partial charge in [-0.1, -0.05) is 0 Å². The van der Waals surface area contributed by atoms with Gasteiger partial charge < -0.3 is 19.8 Å². The Kier molecular flexibility index (Phi) is 5.85. The lowest BCUT2D eigenvalue weighted by Crippen LogP contribution is -2.48. The maximum atomic E-state index is 11.5. The third kappa shape index (κ3) is 4.32. The second kappa shape index (κ2) is 8.51. The van der Waals surface area contributed by atoms with E-state index in [2.05, 4.69) is 22.1 Å². The summed E-state index contributed by atoms with van der Waals surface area (Å²) in [5.41, 5.74) is 7.67. The molecule has 7 nitrogen and oxygen atoms in total. The molecule has 2 aromatic rings. The van der Waals surface area contributed by atoms with Gasteiger partial charge >= 0.3 is 0 Å². The van der Waals surface area contributed by atoms with Crippen LogP contribution in [0.25, 0.3) is 10.9 Å². The lowest BCUT2D eigenvalue weighted by Gasteiger charge is -2.35. The first-order valence-corrected chi connectivity index (χ1v) is 10.1. The van der Waals surface area contributed by atoms with Gasteiger partial charge in [0.05, 0.1) is 13.2 Å². The molecule has 0 bridgehead atoms. The van der Waals surface area contributed by atoms with Crippen LogP contribution in [0.2, 0.25) is 0 Å². The quantitative estimate of drug-likeness (QED) is 0.779. The minimum absolute atomic E-state index is 0.192. The number of amides is 1. The highest BCUT2D eigenvalue weighted by molar-refractivity contribution is 5.87. The molecule has 2 N–H and O–H groups in total. The van der Waals surface area contributed by atoms with Crippen LogP contribution in [-0.2, 0) is 22.6 Å². The number of aromatic nitrogens is 1. The van der Waals surface area contributed by atoms with Crippen LogP contribution >= 0.6 is 0 Å². The van der Waals surface area contributed by atoms with E-state index in [1.807, 2.05) is 16.7 Å². The summed E-state index contributed by atoms with van der Waals surface area (Å²) in [4.78, 5) is 16.5. The fourth-order valence-electron chi connectivity index (χ4n) is 4.35. The lowest BCUT2D eigenvalue weighted by molar-refractivity contribution is -0.118. The van der Waals surface area contributed by atoms with Crippen molar-refractivity contribution in [2.75, 3.05) is 46.4 Å². The van der Waals surface area contributed by atoms with Gasteiger partial charge in [0.2, 0.25) is 5.91 Å². The van der Waals surface area contributed by atoms with E-state index in [-0.39, 0.29) is 12.5 Å². The third-order valence-corrected chi connectivity index (χ3v) is 5.84. The van der Waals surface area contributed by atoms with Gasteiger partial charge in [0, 0.05) is 63.0 Å². The number of methoxy groups -OCH3 is 1. The fourth-order valence-corrected chi connectivity index (χ4v) is 4.35. The minimum Gasteiger partial charge on any atom is -0.497 e. The Morgan fingerprint density at radius 1 is 1.25 bits per heavy atom. The first-order chi connectivity index (χ1) is 13.6. The molecule has 2 fully saturated rings. The number of ether oxygens (including phenoxy) is 2. The van der Waals surface area contributed by atoms with Crippen molar-refractivity contribution in [3.63, 3.8) is 0 Å². The summed E-state index contributed by atoms with van der Waals surface area (Å²) < 4.78 is 13.1. The smallest absolute Gasteiger partial charge is 0.237 e. The number of benzene rings is 1. The SMILES string of the molecule is COc1ccc2c(c1)c(CN1CCN(CC3CCCO3)CC1)cn2CC(N)=O. The Balaban J connectivity index is 1.44.